The van der Waals surface area contributed by atoms with Crippen LogP contribution >= 0.6 is 0 Å². The first-order valence-electron chi connectivity index (χ1n) is 11.8. The third kappa shape index (κ3) is 5.23. The van der Waals surface area contributed by atoms with Gasteiger partial charge >= 0.3 is 6.03 Å². The van der Waals surface area contributed by atoms with E-state index in [1.54, 1.807) is 4.90 Å². The van der Waals surface area contributed by atoms with Crippen LogP contribution in [0.5, 0.6) is 0 Å². The molecule has 2 saturated heterocycles. The molecular formula is C24H35N5O3. The number of urea groups is 1. The van der Waals surface area contributed by atoms with E-state index >= 15 is 0 Å². The maximum atomic E-state index is 13.2. The Kier molecular flexibility index (Phi) is 6.98. The topological polar surface area (TPSA) is 85.0 Å². The van der Waals surface area contributed by atoms with Gasteiger partial charge in [0.15, 0.2) is 0 Å². The number of carbonyl (C=O) groups excluding carboxylic acids is 3. The lowest BCUT2D eigenvalue weighted by atomic mass is 10.0. The van der Waals surface area contributed by atoms with Crippen molar-refractivity contribution in [3.63, 3.8) is 0 Å². The van der Waals surface area contributed by atoms with Gasteiger partial charge in [0, 0.05) is 57.3 Å². The molecule has 4 amide bonds. The molecule has 3 fully saturated rings. The molecule has 8 heteroatoms. The summed E-state index contributed by atoms with van der Waals surface area (Å²) >= 11 is 0. The van der Waals surface area contributed by atoms with Gasteiger partial charge in [-0.2, -0.15) is 0 Å². The highest BCUT2D eigenvalue weighted by Gasteiger charge is 2.43. The predicted molar refractivity (Wildman–Crippen MR) is 122 cm³/mol. The minimum atomic E-state index is -0.232. The lowest BCUT2D eigenvalue weighted by molar-refractivity contribution is -0.137. The van der Waals surface area contributed by atoms with E-state index in [0.29, 0.717) is 25.6 Å². The second-order valence-electron chi connectivity index (χ2n) is 9.58. The smallest absolute Gasteiger partial charge is 0.318 e. The van der Waals surface area contributed by atoms with Crippen molar-refractivity contribution in [1.29, 1.82) is 0 Å². The number of amides is 4. The molecule has 1 aliphatic carbocycles. The maximum absolute atomic E-state index is 13.2. The highest BCUT2D eigenvalue weighted by molar-refractivity contribution is 5.85. The van der Waals surface area contributed by atoms with Gasteiger partial charge in [-0.3, -0.25) is 14.5 Å². The van der Waals surface area contributed by atoms with Crippen molar-refractivity contribution in [2.24, 2.45) is 11.8 Å². The van der Waals surface area contributed by atoms with Crippen molar-refractivity contribution >= 4 is 17.8 Å². The Balaban J connectivity index is 1.33. The fourth-order valence-corrected chi connectivity index (χ4v) is 5.24. The van der Waals surface area contributed by atoms with E-state index in [4.69, 9.17) is 0 Å². The monoisotopic (exact) mass is 441 g/mol. The fraction of sp³-hybridized carbons (Fsp3) is 0.625. The molecule has 2 aliphatic heterocycles. The number of carbonyl (C=O) groups is 3. The normalized spacial score (nSPS) is 26.5. The molecule has 2 N–H and O–H groups in total. The molecule has 1 aromatic carbocycles. The van der Waals surface area contributed by atoms with Gasteiger partial charge in [0.1, 0.15) is 6.54 Å². The Bertz CT molecular complexity index is 822. The summed E-state index contributed by atoms with van der Waals surface area (Å²) in [5.74, 6) is 0.0832. The van der Waals surface area contributed by atoms with E-state index in [2.05, 4.69) is 29.4 Å². The van der Waals surface area contributed by atoms with Gasteiger partial charge in [-0.25, -0.2) is 4.79 Å². The Labute approximate surface area is 190 Å². The molecule has 3 aliphatic rings. The molecule has 4 rings (SSSR count). The zero-order valence-electron chi connectivity index (χ0n) is 19.1. The molecule has 32 heavy (non-hydrogen) atoms. The molecule has 0 bridgehead atoms. The average Bonchev–Trinajstić information content (AvgIpc) is 3.11. The van der Waals surface area contributed by atoms with Crippen LogP contribution in [0.15, 0.2) is 30.3 Å². The largest absolute Gasteiger partial charge is 0.351 e. The van der Waals surface area contributed by atoms with E-state index in [1.165, 1.54) is 0 Å². The number of benzene rings is 1. The van der Waals surface area contributed by atoms with Gasteiger partial charge in [0.05, 0.1) is 0 Å². The Morgan fingerprint density at radius 2 is 1.78 bits per heavy atom. The molecular weight excluding hydrogens is 406 g/mol. The van der Waals surface area contributed by atoms with Crippen molar-refractivity contribution in [2.75, 3.05) is 39.3 Å². The summed E-state index contributed by atoms with van der Waals surface area (Å²) in [4.78, 5) is 44.4. The summed E-state index contributed by atoms with van der Waals surface area (Å²) in [5.41, 5.74) is 1.02. The van der Waals surface area contributed by atoms with E-state index in [-0.39, 0.29) is 42.3 Å². The standard InChI is InChI=1S/C24H35N5O3/c1-17(2)27-8-10-28(11-9-27)23(31)19-12-20-15-29(16-22(30)26-21(20)13-19)24(32)25-14-18-6-4-3-5-7-18/h3-7,17,19-21H,8-16H2,1-2H3,(H,25,32)(H,26,30)/t19-,20+,21+/m0/s1. The molecule has 1 aromatic rings. The first-order valence-corrected chi connectivity index (χ1v) is 11.8. The molecule has 174 valence electrons. The quantitative estimate of drug-likeness (QED) is 0.737. The highest BCUT2D eigenvalue weighted by atomic mass is 16.2. The van der Waals surface area contributed by atoms with Gasteiger partial charge in [-0.15, -0.1) is 0 Å². The van der Waals surface area contributed by atoms with Crippen LogP contribution in [-0.2, 0) is 16.1 Å². The summed E-state index contributed by atoms with van der Waals surface area (Å²) in [7, 11) is 0. The Hall–Kier alpha value is -2.61. The van der Waals surface area contributed by atoms with Crippen molar-refractivity contribution in [2.45, 2.75) is 45.3 Å². The number of rotatable bonds is 4. The van der Waals surface area contributed by atoms with Crippen LogP contribution in [0.3, 0.4) is 0 Å². The van der Waals surface area contributed by atoms with Gasteiger partial charge in [0.2, 0.25) is 11.8 Å². The average molecular weight is 442 g/mol. The van der Waals surface area contributed by atoms with Crippen LogP contribution in [0.2, 0.25) is 0 Å². The van der Waals surface area contributed by atoms with Gasteiger partial charge in [-0.05, 0) is 38.2 Å². The minimum Gasteiger partial charge on any atom is -0.351 e. The third-order valence-electron chi connectivity index (χ3n) is 7.11. The molecule has 8 nitrogen and oxygen atoms in total. The first kappa shape index (κ1) is 22.6. The van der Waals surface area contributed by atoms with Gasteiger partial charge < -0.3 is 20.4 Å². The summed E-state index contributed by atoms with van der Waals surface area (Å²) in [6.07, 6.45) is 1.38. The zero-order valence-corrected chi connectivity index (χ0v) is 19.1. The number of fused-ring (bicyclic) bond motifs is 1. The SMILES string of the molecule is CC(C)N1CCN(C(=O)[C@H]2C[C@@H]3CN(C(=O)NCc4ccccc4)CC(=O)N[C@@H]3C2)CC1. The van der Waals surface area contributed by atoms with Crippen LogP contribution in [0.1, 0.15) is 32.3 Å². The third-order valence-corrected chi connectivity index (χ3v) is 7.11. The molecule has 2 heterocycles. The van der Waals surface area contributed by atoms with Crippen molar-refractivity contribution in [1.82, 2.24) is 25.3 Å². The number of hydrogen-bond donors (Lipinski definition) is 2. The summed E-state index contributed by atoms with van der Waals surface area (Å²) in [5, 5.41) is 5.99. The summed E-state index contributed by atoms with van der Waals surface area (Å²) in [6.45, 7) is 8.71. The van der Waals surface area contributed by atoms with Crippen LogP contribution in [0.25, 0.3) is 0 Å². The van der Waals surface area contributed by atoms with Crippen molar-refractivity contribution in [3.05, 3.63) is 35.9 Å². The number of hydrogen-bond acceptors (Lipinski definition) is 4. The lowest BCUT2D eigenvalue weighted by Crippen LogP contribution is -2.52. The van der Waals surface area contributed by atoms with Crippen LogP contribution < -0.4 is 10.6 Å². The molecule has 0 radical (unpaired) electrons. The first-order chi connectivity index (χ1) is 15.4. The molecule has 1 saturated carbocycles. The van der Waals surface area contributed by atoms with Gasteiger partial charge in [-0.1, -0.05) is 30.3 Å². The predicted octanol–water partition coefficient (Wildman–Crippen LogP) is 1.28. The maximum Gasteiger partial charge on any atom is 0.318 e. The van der Waals surface area contributed by atoms with Crippen LogP contribution in [0, 0.1) is 11.8 Å². The number of nitrogens with one attached hydrogen (secondary N) is 2. The summed E-state index contributed by atoms with van der Waals surface area (Å²) < 4.78 is 0. The summed E-state index contributed by atoms with van der Waals surface area (Å²) in [6, 6.07) is 9.95. The second kappa shape index (κ2) is 9.90. The number of nitrogens with zero attached hydrogens (tertiary/aromatic N) is 3. The Morgan fingerprint density at radius 3 is 2.47 bits per heavy atom. The number of piperazine rings is 1. The van der Waals surface area contributed by atoms with Crippen molar-refractivity contribution in [3.8, 4) is 0 Å². The molecule has 0 aromatic heterocycles. The zero-order chi connectivity index (χ0) is 22.7. The van der Waals surface area contributed by atoms with E-state index in [0.717, 1.165) is 38.2 Å². The Morgan fingerprint density at radius 1 is 1.06 bits per heavy atom. The second-order valence-corrected chi connectivity index (χ2v) is 9.58. The van der Waals surface area contributed by atoms with E-state index in [9.17, 15) is 14.4 Å². The van der Waals surface area contributed by atoms with E-state index < -0.39 is 0 Å². The van der Waals surface area contributed by atoms with Gasteiger partial charge in [0.25, 0.3) is 0 Å². The van der Waals surface area contributed by atoms with Crippen LogP contribution in [-0.4, -0.2) is 83.9 Å². The minimum absolute atomic E-state index is 0.0414. The molecule has 0 unspecified atom stereocenters. The highest BCUT2D eigenvalue weighted by Crippen LogP contribution is 2.34. The van der Waals surface area contributed by atoms with E-state index in [1.807, 2.05) is 35.2 Å². The van der Waals surface area contributed by atoms with Crippen LogP contribution in [0.4, 0.5) is 4.79 Å². The van der Waals surface area contributed by atoms with Crippen molar-refractivity contribution < 1.29 is 14.4 Å². The lowest BCUT2D eigenvalue weighted by Gasteiger charge is -2.38. The fourth-order valence-electron chi connectivity index (χ4n) is 5.24. The molecule has 3 atom stereocenters. The molecule has 0 spiro atoms.